The third kappa shape index (κ3) is 3.47. The SMILES string of the molecule is CC(CC(C)(N)C(=O)O)C(C)c1cccc(O)c1. The summed E-state index contributed by atoms with van der Waals surface area (Å²) in [4.78, 5) is 11.0. The highest BCUT2D eigenvalue weighted by Crippen LogP contribution is 2.31. The van der Waals surface area contributed by atoms with Crippen LogP contribution in [-0.2, 0) is 4.79 Å². The molecular weight excluding hydrogens is 230 g/mol. The summed E-state index contributed by atoms with van der Waals surface area (Å²) in [5, 5.41) is 18.5. The molecule has 18 heavy (non-hydrogen) atoms. The topological polar surface area (TPSA) is 83.6 Å². The summed E-state index contributed by atoms with van der Waals surface area (Å²) in [5.74, 6) is -0.519. The van der Waals surface area contributed by atoms with E-state index in [2.05, 4.69) is 0 Å². The Balaban J connectivity index is 2.79. The van der Waals surface area contributed by atoms with Crippen LogP contribution < -0.4 is 5.73 Å². The monoisotopic (exact) mass is 251 g/mol. The minimum atomic E-state index is -1.22. The molecule has 100 valence electrons. The van der Waals surface area contributed by atoms with Crippen molar-refractivity contribution in [2.45, 2.75) is 38.6 Å². The number of rotatable bonds is 5. The molecule has 0 aliphatic heterocycles. The Hall–Kier alpha value is -1.55. The second-order valence-corrected chi connectivity index (χ2v) is 5.29. The first kappa shape index (κ1) is 14.5. The van der Waals surface area contributed by atoms with Gasteiger partial charge in [0.25, 0.3) is 0 Å². The van der Waals surface area contributed by atoms with Crippen molar-refractivity contribution in [1.29, 1.82) is 0 Å². The van der Waals surface area contributed by atoms with Crippen molar-refractivity contribution in [3.05, 3.63) is 29.8 Å². The van der Waals surface area contributed by atoms with Gasteiger partial charge in [0, 0.05) is 0 Å². The van der Waals surface area contributed by atoms with E-state index in [1.165, 1.54) is 6.92 Å². The maximum absolute atomic E-state index is 11.0. The molecule has 0 aliphatic carbocycles. The second-order valence-electron chi connectivity index (χ2n) is 5.29. The Kier molecular flexibility index (Phi) is 4.35. The second kappa shape index (κ2) is 5.40. The van der Waals surface area contributed by atoms with E-state index in [0.717, 1.165) is 5.56 Å². The maximum atomic E-state index is 11.0. The number of carboxylic acids is 1. The Labute approximate surface area is 107 Å². The lowest BCUT2D eigenvalue weighted by molar-refractivity contribution is -0.143. The molecule has 3 atom stereocenters. The number of hydrogen-bond acceptors (Lipinski definition) is 3. The van der Waals surface area contributed by atoms with E-state index in [-0.39, 0.29) is 17.6 Å². The normalized spacial score (nSPS) is 17.8. The number of phenols is 1. The lowest BCUT2D eigenvalue weighted by atomic mass is 9.80. The largest absolute Gasteiger partial charge is 0.508 e. The number of aromatic hydroxyl groups is 1. The van der Waals surface area contributed by atoms with E-state index in [0.29, 0.717) is 6.42 Å². The smallest absolute Gasteiger partial charge is 0.323 e. The number of aliphatic carboxylic acids is 1. The third-order valence-corrected chi connectivity index (χ3v) is 3.48. The highest BCUT2D eigenvalue weighted by Gasteiger charge is 2.31. The van der Waals surface area contributed by atoms with Gasteiger partial charge in [0.1, 0.15) is 11.3 Å². The Morgan fingerprint density at radius 3 is 2.56 bits per heavy atom. The van der Waals surface area contributed by atoms with Crippen LogP contribution in [0.15, 0.2) is 24.3 Å². The number of hydrogen-bond donors (Lipinski definition) is 3. The van der Waals surface area contributed by atoms with Gasteiger partial charge < -0.3 is 15.9 Å². The lowest BCUT2D eigenvalue weighted by Crippen LogP contribution is -2.46. The summed E-state index contributed by atoms with van der Waals surface area (Å²) >= 11 is 0. The summed E-state index contributed by atoms with van der Waals surface area (Å²) in [6.07, 6.45) is 0.388. The van der Waals surface area contributed by atoms with E-state index in [1.807, 2.05) is 19.9 Å². The van der Waals surface area contributed by atoms with Crippen LogP contribution in [0, 0.1) is 5.92 Å². The standard InChI is InChI=1S/C14H21NO3/c1-9(8-14(3,15)13(17)18)10(2)11-5-4-6-12(16)7-11/h4-7,9-10,16H,8,15H2,1-3H3,(H,17,18). The highest BCUT2D eigenvalue weighted by atomic mass is 16.4. The van der Waals surface area contributed by atoms with Crippen LogP contribution in [0.3, 0.4) is 0 Å². The molecule has 0 aliphatic rings. The molecule has 3 unspecified atom stereocenters. The van der Waals surface area contributed by atoms with Crippen molar-refractivity contribution in [2.24, 2.45) is 11.7 Å². The van der Waals surface area contributed by atoms with Crippen molar-refractivity contribution in [2.75, 3.05) is 0 Å². The van der Waals surface area contributed by atoms with Gasteiger partial charge in [-0.2, -0.15) is 0 Å². The van der Waals surface area contributed by atoms with Gasteiger partial charge in [-0.1, -0.05) is 26.0 Å². The van der Waals surface area contributed by atoms with E-state index < -0.39 is 11.5 Å². The molecule has 0 radical (unpaired) electrons. The average molecular weight is 251 g/mol. The van der Waals surface area contributed by atoms with Crippen LogP contribution in [0.5, 0.6) is 5.75 Å². The molecule has 4 N–H and O–H groups in total. The van der Waals surface area contributed by atoms with Gasteiger partial charge >= 0.3 is 5.97 Å². The molecule has 0 aromatic heterocycles. The molecule has 1 aromatic rings. The highest BCUT2D eigenvalue weighted by molar-refractivity contribution is 5.77. The first-order valence-corrected chi connectivity index (χ1v) is 6.05. The predicted octanol–water partition coefficient (Wildman–Crippen LogP) is 2.32. The molecule has 4 heteroatoms. The van der Waals surface area contributed by atoms with Crippen LogP contribution in [0.1, 0.15) is 38.7 Å². The zero-order chi connectivity index (χ0) is 13.9. The summed E-state index contributed by atoms with van der Waals surface area (Å²) in [6, 6.07) is 7.03. The zero-order valence-corrected chi connectivity index (χ0v) is 11.1. The van der Waals surface area contributed by atoms with Gasteiger partial charge in [-0.3, -0.25) is 4.79 Å². The van der Waals surface area contributed by atoms with Crippen LogP contribution >= 0.6 is 0 Å². The van der Waals surface area contributed by atoms with E-state index in [9.17, 15) is 9.90 Å². The van der Waals surface area contributed by atoms with E-state index in [1.54, 1.807) is 18.2 Å². The van der Waals surface area contributed by atoms with Gasteiger partial charge in [0.05, 0.1) is 0 Å². The molecule has 4 nitrogen and oxygen atoms in total. The summed E-state index contributed by atoms with van der Waals surface area (Å²) in [6.45, 7) is 5.52. The van der Waals surface area contributed by atoms with Gasteiger partial charge in [0.2, 0.25) is 0 Å². The number of nitrogens with two attached hydrogens (primary N) is 1. The van der Waals surface area contributed by atoms with Gasteiger partial charge in [0.15, 0.2) is 0 Å². The molecule has 0 bridgehead atoms. The first-order valence-electron chi connectivity index (χ1n) is 6.05. The van der Waals surface area contributed by atoms with Crippen LogP contribution in [0.2, 0.25) is 0 Å². The molecule has 0 fully saturated rings. The van der Waals surface area contributed by atoms with Crippen molar-refractivity contribution in [1.82, 2.24) is 0 Å². The van der Waals surface area contributed by atoms with E-state index in [4.69, 9.17) is 10.8 Å². The van der Waals surface area contributed by atoms with Crippen molar-refractivity contribution in [3.63, 3.8) is 0 Å². The van der Waals surface area contributed by atoms with Crippen molar-refractivity contribution < 1.29 is 15.0 Å². The minimum Gasteiger partial charge on any atom is -0.508 e. The molecule has 1 rings (SSSR count). The van der Waals surface area contributed by atoms with Crippen LogP contribution in [0.4, 0.5) is 0 Å². The quantitative estimate of drug-likeness (QED) is 0.750. The molecule has 0 spiro atoms. The molecular formula is C14H21NO3. The van der Waals surface area contributed by atoms with Crippen LogP contribution in [0.25, 0.3) is 0 Å². The van der Waals surface area contributed by atoms with Crippen molar-refractivity contribution >= 4 is 5.97 Å². The Bertz CT molecular complexity index is 429. The maximum Gasteiger partial charge on any atom is 0.323 e. The third-order valence-electron chi connectivity index (χ3n) is 3.48. The molecule has 0 saturated heterocycles. The number of carboxylic acid groups (broad SMARTS) is 1. The van der Waals surface area contributed by atoms with Crippen molar-refractivity contribution in [3.8, 4) is 5.75 Å². The Morgan fingerprint density at radius 1 is 1.44 bits per heavy atom. The number of benzene rings is 1. The molecule has 0 amide bonds. The lowest BCUT2D eigenvalue weighted by Gasteiger charge is -2.27. The molecule has 1 aromatic carbocycles. The van der Waals surface area contributed by atoms with Gasteiger partial charge in [-0.05, 0) is 42.9 Å². The molecule has 0 saturated carbocycles. The fraction of sp³-hybridized carbons (Fsp3) is 0.500. The summed E-state index contributed by atoms with van der Waals surface area (Å²) in [7, 11) is 0. The van der Waals surface area contributed by atoms with Crippen LogP contribution in [-0.4, -0.2) is 21.7 Å². The summed E-state index contributed by atoms with van der Waals surface area (Å²) in [5.41, 5.74) is 5.53. The predicted molar refractivity (Wildman–Crippen MR) is 70.5 cm³/mol. The number of carbonyl (C=O) groups is 1. The summed E-state index contributed by atoms with van der Waals surface area (Å²) < 4.78 is 0. The van der Waals surface area contributed by atoms with E-state index >= 15 is 0 Å². The minimum absolute atomic E-state index is 0.109. The fourth-order valence-electron chi connectivity index (χ4n) is 2.07. The fourth-order valence-corrected chi connectivity index (χ4v) is 2.07. The van der Waals surface area contributed by atoms with Gasteiger partial charge in [-0.15, -0.1) is 0 Å². The molecule has 0 heterocycles. The average Bonchev–Trinajstić information content (AvgIpc) is 2.27. The zero-order valence-electron chi connectivity index (χ0n) is 11.1. The Morgan fingerprint density at radius 2 is 2.06 bits per heavy atom. The van der Waals surface area contributed by atoms with Gasteiger partial charge in [-0.25, -0.2) is 0 Å². The number of phenolic OH excluding ortho intramolecular Hbond substituents is 1. The first-order chi connectivity index (χ1) is 8.24.